The van der Waals surface area contributed by atoms with E-state index in [1.807, 2.05) is 0 Å². The van der Waals surface area contributed by atoms with Crippen LogP contribution in [0.4, 0.5) is 13.2 Å². The molecule has 9 heteroatoms. The number of halogens is 3. The molecule has 2 heterocycles. The van der Waals surface area contributed by atoms with E-state index in [-0.39, 0.29) is 24.0 Å². The summed E-state index contributed by atoms with van der Waals surface area (Å²) >= 11 is 0. The number of nitrogens with zero attached hydrogens (tertiary/aromatic N) is 2. The van der Waals surface area contributed by atoms with Crippen LogP contribution in [-0.4, -0.2) is 80.3 Å². The van der Waals surface area contributed by atoms with Crippen LogP contribution >= 0.6 is 0 Å². The van der Waals surface area contributed by atoms with Crippen molar-refractivity contribution in [1.82, 2.24) is 15.1 Å². The van der Waals surface area contributed by atoms with E-state index >= 15 is 0 Å². The van der Waals surface area contributed by atoms with Crippen LogP contribution in [0.5, 0.6) is 0 Å². The second-order valence-electron chi connectivity index (χ2n) is 7.73. The molecule has 0 radical (unpaired) electrons. The van der Waals surface area contributed by atoms with E-state index < -0.39 is 12.5 Å². The van der Waals surface area contributed by atoms with Crippen molar-refractivity contribution in [3.05, 3.63) is 0 Å². The van der Waals surface area contributed by atoms with Gasteiger partial charge in [0.1, 0.15) is 6.04 Å². The fourth-order valence-electron chi connectivity index (χ4n) is 4.62. The molecule has 1 N–H and O–H groups in total. The van der Waals surface area contributed by atoms with Crippen LogP contribution in [0.3, 0.4) is 0 Å². The summed E-state index contributed by atoms with van der Waals surface area (Å²) in [5.74, 6) is 0.0559. The zero-order valence-electron chi connectivity index (χ0n) is 15.3. The average molecular weight is 379 g/mol. The Bertz CT molecular complexity index is 497. The molecular weight excluding hydrogens is 351 g/mol. The van der Waals surface area contributed by atoms with Gasteiger partial charge in [0.05, 0.1) is 13.2 Å². The number of rotatable bonds is 4. The quantitative estimate of drug-likeness (QED) is 0.749. The molecule has 0 spiro atoms. The van der Waals surface area contributed by atoms with E-state index in [9.17, 15) is 18.0 Å². The Morgan fingerprint density at radius 3 is 2.54 bits per heavy atom. The van der Waals surface area contributed by atoms with Gasteiger partial charge in [-0.3, -0.25) is 24.6 Å². The second kappa shape index (κ2) is 8.00. The highest BCUT2D eigenvalue weighted by molar-refractivity contribution is 5.76. The van der Waals surface area contributed by atoms with Gasteiger partial charge < -0.3 is 4.74 Å². The third kappa shape index (κ3) is 4.68. The Morgan fingerprint density at radius 2 is 1.92 bits per heavy atom. The fraction of sp³-hybridized carbons (Fsp3) is 0.941. The number of carbonyl (C=O) groups is 1. The summed E-state index contributed by atoms with van der Waals surface area (Å²) in [5, 5.41) is 3.44. The molecule has 0 amide bonds. The van der Waals surface area contributed by atoms with Crippen molar-refractivity contribution < 1.29 is 27.4 Å². The molecule has 2 saturated heterocycles. The van der Waals surface area contributed by atoms with Gasteiger partial charge in [-0.25, -0.2) is 0 Å². The normalized spacial score (nSPS) is 36.7. The summed E-state index contributed by atoms with van der Waals surface area (Å²) in [7, 11) is 3.47. The number of fused-ring (bicyclic) bond motifs is 1. The first-order chi connectivity index (χ1) is 12.3. The lowest BCUT2D eigenvalue weighted by molar-refractivity contribution is -0.345. The molecular formula is C17H28F3N3O3. The topological polar surface area (TPSA) is 54.0 Å². The Morgan fingerprint density at radius 1 is 1.23 bits per heavy atom. The molecule has 1 saturated carbocycles. The van der Waals surface area contributed by atoms with Gasteiger partial charge in [-0.05, 0) is 45.1 Å². The predicted octanol–water partition coefficient (Wildman–Crippen LogP) is 1.56. The molecule has 3 atom stereocenters. The molecule has 3 rings (SSSR count). The minimum Gasteiger partial charge on any atom is -0.468 e. The van der Waals surface area contributed by atoms with Crippen LogP contribution in [0.15, 0.2) is 0 Å². The zero-order chi connectivity index (χ0) is 18.9. The van der Waals surface area contributed by atoms with Crippen molar-refractivity contribution in [2.45, 2.75) is 62.7 Å². The molecule has 26 heavy (non-hydrogen) atoms. The highest BCUT2D eigenvalue weighted by Gasteiger charge is 2.44. The van der Waals surface area contributed by atoms with Gasteiger partial charge in [-0.15, -0.1) is 13.2 Å². The van der Waals surface area contributed by atoms with Crippen LogP contribution in [-0.2, 0) is 14.3 Å². The van der Waals surface area contributed by atoms with Crippen molar-refractivity contribution in [1.29, 1.82) is 0 Å². The number of likely N-dealkylation sites (N-methyl/N-ethyl adjacent to an activating group) is 1. The van der Waals surface area contributed by atoms with Crippen LogP contribution in [0, 0.1) is 5.92 Å². The summed E-state index contributed by atoms with van der Waals surface area (Å²) in [6.07, 6.45) is -2.40. The number of nitrogens with one attached hydrogen (secondary N) is 1. The van der Waals surface area contributed by atoms with Gasteiger partial charge in [0.15, 0.2) is 0 Å². The van der Waals surface area contributed by atoms with E-state index in [0.717, 1.165) is 19.8 Å². The highest BCUT2D eigenvalue weighted by Crippen LogP contribution is 2.33. The number of hydrogen-bond donors (Lipinski definition) is 1. The first-order valence-electron chi connectivity index (χ1n) is 9.27. The van der Waals surface area contributed by atoms with Crippen molar-refractivity contribution in [2.75, 3.05) is 33.9 Å². The third-order valence-corrected chi connectivity index (χ3v) is 6.03. The molecule has 0 bridgehead atoms. The molecule has 0 aromatic heterocycles. The summed E-state index contributed by atoms with van der Waals surface area (Å²) in [6, 6.07) is 0.335. The lowest BCUT2D eigenvalue weighted by Crippen LogP contribution is -2.59. The standard InChI is InChI=1S/C17H28F3N3O3/c1-22-10-21-13-7-14(16(24)25-2)23(9-15(13)22)8-11-3-5-12(6-4-11)26-17(18,19)20/h11-15,21H,3-10H2,1-2H3/t11?,12?,13?,14-,15?/m0/s1. The van der Waals surface area contributed by atoms with E-state index in [4.69, 9.17) is 4.74 Å². The minimum absolute atomic E-state index is 0.228. The Balaban J connectivity index is 1.57. The molecule has 1 aliphatic carbocycles. The van der Waals surface area contributed by atoms with Crippen molar-refractivity contribution in [3.8, 4) is 0 Å². The summed E-state index contributed by atoms with van der Waals surface area (Å²) in [6.45, 7) is 2.29. The fourth-order valence-corrected chi connectivity index (χ4v) is 4.62. The van der Waals surface area contributed by atoms with Gasteiger partial charge in [-0.1, -0.05) is 0 Å². The van der Waals surface area contributed by atoms with Crippen molar-refractivity contribution in [2.24, 2.45) is 5.92 Å². The number of hydrogen-bond acceptors (Lipinski definition) is 6. The highest BCUT2D eigenvalue weighted by atomic mass is 19.4. The molecule has 2 aliphatic heterocycles. The van der Waals surface area contributed by atoms with E-state index in [1.54, 1.807) is 0 Å². The third-order valence-electron chi connectivity index (χ3n) is 6.03. The Kier molecular flexibility index (Phi) is 6.11. The molecule has 2 unspecified atom stereocenters. The van der Waals surface area contributed by atoms with Gasteiger partial charge >= 0.3 is 12.3 Å². The number of piperidine rings is 1. The molecule has 0 aromatic carbocycles. The smallest absolute Gasteiger partial charge is 0.468 e. The summed E-state index contributed by atoms with van der Waals surface area (Å²) in [5.41, 5.74) is 0. The van der Waals surface area contributed by atoms with Crippen LogP contribution in [0.2, 0.25) is 0 Å². The lowest BCUT2D eigenvalue weighted by atomic mass is 9.85. The summed E-state index contributed by atoms with van der Waals surface area (Å²) < 4.78 is 46.2. The van der Waals surface area contributed by atoms with Gasteiger partial charge in [0.25, 0.3) is 0 Å². The number of carbonyl (C=O) groups excluding carboxylic acids is 1. The first-order valence-corrected chi connectivity index (χ1v) is 9.27. The molecule has 3 aliphatic rings. The van der Waals surface area contributed by atoms with Crippen molar-refractivity contribution in [3.63, 3.8) is 0 Å². The average Bonchev–Trinajstić information content (AvgIpc) is 2.94. The van der Waals surface area contributed by atoms with Crippen LogP contribution in [0.1, 0.15) is 32.1 Å². The molecule has 3 fully saturated rings. The first kappa shape index (κ1) is 19.9. The zero-order valence-corrected chi connectivity index (χ0v) is 15.3. The predicted molar refractivity (Wildman–Crippen MR) is 88.2 cm³/mol. The number of esters is 1. The number of likely N-dealkylation sites (tertiary alicyclic amines) is 1. The second-order valence-corrected chi connectivity index (χ2v) is 7.73. The van der Waals surface area contributed by atoms with Crippen LogP contribution in [0.25, 0.3) is 0 Å². The van der Waals surface area contributed by atoms with Gasteiger partial charge in [0, 0.05) is 31.8 Å². The summed E-state index contributed by atoms with van der Waals surface area (Å²) in [4.78, 5) is 16.7. The number of methoxy groups -OCH3 is 1. The maximum absolute atomic E-state index is 12.4. The van der Waals surface area contributed by atoms with Crippen molar-refractivity contribution >= 4 is 5.97 Å². The Hall–Kier alpha value is -0.900. The minimum atomic E-state index is -4.56. The van der Waals surface area contributed by atoms with E-state index in [1.165, 1.54) is 7.11 Å². The maximum Gasteiger partial charge on any atom is 0.522 e. The number of alkyl halides is 3. The largest absolute Gasteiger partial charge is 0.522 e. The van der Waals surface area contributed by atoms with Gasteiger partial charge in [-0.2, -0.15) is 0 Å². The molecule has 6 nitrogen and oxygen atoms in total. The SMILES string of the molecule is COC(=O)[C@@H]1CC2NCN(C)C2CN1CC1CCC(OC(F)(F)F)CC1. The van der Waals surface area contributed by atoms with E-state index in [0.29, 0.717) is 38.1 Å². The van der Waals surface area contributed by atoms with E-state index in [2.05, 4.69) is 26.9 Å². The van der Waals surface area contributed by atoms with Crippen LogP contribution < -0.4 is 5.32 Å². The monoisotopic (exact) mass is 379 g/mol. The van der Waals surface area contributed by atoms with Gasteiger partial charge in [0.2, 0.25) is 0 Å². The lowest BCUT2D eigenvalue weighted by Gasteiger charge is -2.43. The molecule has 0 aromatic rings. The maximum atomic E-state index is 12.4. The molecule has 150 valence electrons. The Labute approximate surface area is 152 Å². The number of ether oxygens (including phenoxy) is 2.